The molecule has 2 heterocycles. The summed E-state index contributed by atoms with van der Waals surface area (Å²) in [7, 11) is 0. The molecule has 1 amide bonds. The molecule has 1 unspecified atom stereocenters. The van der Waals surface area contributed by atoms with E-state index in [1.807, 2.05) is 24.3 Å². The van der Waals surface area contributed by atoms with Crippen LogP contribution in [0.4, 0.5) is 0 Å². The molecule has 0 radical (unpaired) electrons. The van der Waals surface area contributed by atoms with Crippen LogP contribution in [0.25, 0.3) is 0 Å². The lowest BCUT2D eigenvalue weighted by molar-refractivity contribution is -0.115. The van der Waals surface area contributed by atoms with Gasteiger partial charge in [-0.3, -0.25) is 4.79 Å². The number of ether oxygens (including phenoxy) is 1. The molecular weight excluding hydrogens is 579 g/mol. The third-order valence-corrected chi connectivity index (χ3v) is 13.6. The van der Waals surface area contributed by atoms with Crippen LogP contribution in [0.3, 0.4) is 0 Å². The lowest BCUT2D eigenvalue weighted by Gasteiger charge is -2.58. The second kappa shape index (κ2) is 11.4. The average Bonchev–Trinajstić information content (AvgIpc) is 3.77. The molecule has 2 aliphatic heterocycles. The highest BCUT2D eigenvalue weighted by atomic mass is 32.2. The molecule has 236 valence electrons. The molecule has 8 atom stereocenters. The number of aliphatic hydroxyl groups excluding tert-OH is 1. The molecule has 3 fully saturated rings. The first-order chi connectivity index (χ1) is 21.8. The quantitative estimate of drug-likeness (QED) is 0.343. The monoisotopic (exact) mass is 623 g/mol. The van der Waals surface area contributed by atoms with E-state index in [1.165, 1.54) is 48.7 Å². The highest BCUT2D eigenvalue weighted by molar-refractivity contribution is 8.14. The van der Waals surface area contributed by atoms with Crippen LogP contribution in [0.15, 0.2) is 76.3 Å². The SMILES string of the molecule is C[C@]12CC[C@H]3[C@@H](CC=C4C[C@@H](O)CC[C@@]43C)[C@@H]1CC[C@@H]2C1=NN(C2=NC(=O)CS2)C(c2ccccc2OCc2ccccc2)C1. The summed E-state index contributed by atoms with van der Waals surface area (Å²) in [5.41, 5.74) is 5.54. The molecule has 4 aliphatic carbocycles. The normalized spacial score (nSPS) is 37.4. The number of amides is 1. The molecule has 0 aromatic heterocycles. The Kier molecular flexibility index (Phi) is 7.48. The van der Waals surface area contributed by atoms with E-state index in [1.54, 1.807) is 0 Å². The second-order valence-electron chi connectivity index (χ2n) is 14.9. The van der Waals surface area contributed by atoms with Crippen molar-refractivity contribution in [1.82, 2.24) is 5.01 Å². The van der Waals surface area contributed by atoms with Gasteiger partial charge in [-0.25, -0.2) is 5.01 Å². The maximum absolute atomic E-state index is 12.3. The van der Waals surface area contributed by atoms with E-state index in [0.717, 1.165) is 60.1 Å². The number of hydrogen-bond acceptors (Lipinski definition) is 6. The number of fused-ring (bicyclic) bond motifs is 5. The minimum Gasteiger partial charge on any atom is -0.489 e. The zero-order valence-electron chi connectivity index (χ0n) is 26.5. The fourth-order valence-electron chi connectivity index (χ4n) is 10.4. The smallest absolute Gasteiger partial charge is 0.258 e. The van der Waals surface area contributed by atoms with Crippen LogP contribution in [0.2, 0.25) is 0 Å². The Labute approximate surface area is 271 Å². The standard InChI is InChI=1S/C38H45N3O3S/c1-37-18-16-26(42)20-25(37)12-13-27-29-14-15-31(38(29,2)19-17-30(27)37)32-21-33(41(40-32)36-39-35(43)23-45-36)28-10-6-7-11-34(28)44-22-24-8-4-3-5-9-24/h3-12,26-27,29-31,33,42H,13-23H2,1-2H3/t26-,27-,29-,30-,31+,33?,37-,38-/m0/s1. The fraction of sp³-hybridized carbons (Fsp3) is 0.553. The van der Waals surface area contributed by atoms with E-state index in [2.05, 4.69) is 60.3 Å². The van der Waals surface area contributed by atoms with Gasteiger partial charge >= 0.3 is 0 Å². The summed E-state index contributed by atoms with van der Waals surface area (Å²) in [6.45, 7) is 5.59. The molecule has 7 heteroatoms. The lowest BCUT2D eigenvalue weighted by atomic mass is 9.47. The summed E-state index contributed by atoms with van der Waals surface area (Å²) in [4.78, 5) is 16.7. The molecule has 2 aromatic carbocycles. The van der Waals surface area contributed by atoms with Crippen LogP contribution in [-0.2, 0) is 11.4 Å². The number of nitrogens with zero attached hydrogens (tertiary/aromatic N) is 3. The van der Waals surface area contributed by atoms with Gasteiger partial charge in [-0.05, 0) is 91.6 Å². The molecule has 3 saturated carbocycles. The van der Waals surface area contributed by atoms with Gasteiger partial charge in [0.15, 0.2) is 5.17 Å². The summed E-state index contributed by atoms with van der Waals surface area (Å²) in [5.74, 6) is 3.74. The van der Waals surface area contributed by atoms with Crippen molar-refractivity contribution in [2.45, 2.75) is 90.4 Å². The fourth-order valence-corrected chi connectivity index (χ4v) is 11.2. The number of hydrazone groups is 1. The number of amidine groups is 1. The van der Waals surface area contributed by atoms with Crippen LogP contribution < -0.4 is 4.74 Å². The Morgan fingerprint density at radius 2 is 1.80 bits per heavy atom. The van der Waals surface area contributed by atoms with Crippen molar-refractivity contribution in [3.05, 3.63) is 77.4 Å². The molecule has 0 spiro atoms. The number of aliphatic hydroxyl groups is 1. The van der Waals surface area contributed by atoms with Gasteiger partial charge in [0, 0.05) is 23.6 Å². The number of carbonyl (C=O) groups is 1. The number of para-hydroxylation sites is 1. The lowest BCUT2D eigenvalue weighted by Crippen LogP contribution is -2.51. The molecular formula is C38H45N3O3S. The van der Waals surface area contributed by atoms with Crippen molar-refractivity contribution in [3.8, 4) is 5.75 Å². The number of allylic oxidation sites excluding steroid dienone is 1. The molecule has 1 N–H and O–H groups in total. The molecule has 0 bridgehead atoms. The predicted molar refractivity (Wildman–Crippen MR) is 180 cm³/mol. The first-order valence-electron chi connectivity index (χ1n) is 17.1. The van der Waals surface area contributed by atoms with Crippen LogP contribution >= 0.6 is 11.8 Å². The Balaban J connectivity index is 1.08. The molecule has 0 saturated heterocycles. The second-order valence-corrected chi connectivity index (χ2v) is 15.8. The first kappa shape index (κ1) is 29.5. The van der Waals surface area contributed by atoms with Crippen molar-refractivity contribution in [2.24, 2.45) is 44.6 Å². The summed E-state index contributed by atoms with van der Waals surface area (Å²) < 4.78 is 6.44. The Hall–Kier alpha value is -2.90. The van der Waals surface area contributed by atoms with Gasteiger partial charge in [0.25, 0.3) is 5.91 Å². The Morgan fingerprint density at radius 1 is 0.978 bits per heavy atom. The number of rotatable bonds is 5. The predicted octanol–water partition coefficient (Wildman–Crippen LogP) is 7.94. The Bertz CT molecular complexity index is 1570. The maximum Gasteiger partial charge on any atom is 0.258 e. The highest BCUT2D eigenvalue weighted by Crippen LogP contribution is 2.67. The van der Waals surface area contributed by atoms with E-state index in [9.17, 15) is 9.90 Å². The van der Waals surface area contributed by atoms with Crippen LogP contribution in [0.1, 0.15) is 88.8 Å². The van der Waals surface area contributed by atoms with Crippen molar-refractivity contribution >= 4 is 28.5 Å². The van der Waals surface area contributed by atoms with Crippen molar-refractivity contribution in [1.29, 1.82) is 0 Å². The Morgan fingerprint density at radius 3 is 2.62 bits per heavy atom. The van der Waals surface area contributed by atoms with Crippen LogP contribution in [-0.4, -0.2) is 38.8 Å². The molecule has 6 aliphatic rings. The van der Waals surface area contributed by atoms with Gasteiger partial charge in [0.1, 0.15) is 12.4 Å². The summed E-state index contributed by atoms with van der Waals surface area (Å²) in [6.07, 6.45) is 12.3. The number of carbonyl (C=O) groups excluding carboxylic acids is 1. The average molecular weight is 624 g/mol. The van der Waals surface area contributed by atoms with Gasteiger partial charge in [0.05, 0.1) is 17.9 Å². The zero-order valence-corrected chi connectivity index (χ0v) is 27.3. The molecule has 6 nitrogen and oxygen atoms in total. The molecule has 2 aromatic rings. The van der Waals surface area contributed by atoms with Gasteiger partial charge in [0.2, 0.25) is 0 Å². The van der Waals surface area contributed by atoms with Crippen molar-refractivity contribution < 1.29 is 14.6 Å². The highest BCUT2D eigenvalue weighted by Gasteiger charge is 2.60. The van der Waals surface area contributed by atoms with Crippen LogP contribution in [0, 0.1) is 34.5 Å². The van der Waals surface area contributed by atoms with E-state index < -0.39 is 0 Å². The largest absolute Gasteiger partial charge is 0.489 e. The topological polar surface area (TPSA) is 74.5 Å². The molecule has 8 rings (SSSR count). The van der Waals surface area contributed by atoms with E-state index >= 15 is 0 Å². The maximum atomic E-state index is 12.3. The number of benzene rings is 2. The number of thioether (sulfide) groups is 1. The summed E-state index contributed by atoms with van der Waals surface area (Å²) in [5, 5.41) is 18.6. The van der Waals surface area contributed by atoms with Crippen molar-refractivity contribution in [2.75, 3.05) is 5.75 Å². The molecule has 45 heavy (non-hydrogen) atoms. The van der Waals surface area contributed by atoms with E-state index in [-0.39, 0.29) is 28.9 Å². The van der Waals surface area contributed by atoms with E-state index in [4.69, 9.17) is 9.84 Å². The third-order valence-electron chi connectivity index (χ3n) is 12.7. The van der Waals surface area contributed by atoms with Crippen LogP contribution in [0.5, 0.6) is 5.75 Å². The van der Waals surface area contributed by atoms with Crippen molar-refractivity contribution in [3.63, 3.8) is 0 Å². The third kappa shape index (κ3) is 5.00. The summed E-state index contributed by atoms with van der Waals surface area (Å²) >= 11 is 1.51. The first-order valence-corrected chi connectivity index (χ1v) is 18.1. The minimum absolute atomic E-state index is 0.0455. The van der Waals surface area contributed by atoms with Gasteiger partial charge < -0.3 is 9.84 Å². The van der Waals surface area contributed by atoms with Gasteiger partial charge in [-0.2, -0.15) is 10.1 Å². The van der Waals surface area contributed by atoms with Gasteiger partial charge in [-0.15, -0.1) is 0 Å². The summed E-state index contributed by atoms with van der Waals surface area (Å²) in [6, 6.07) is 18.6. The number of aliphatic imine (C=N–C) groups is 1. The van der Waals surface area contributed by atoms with E-state index in [0.29, 0.717) is 30.1 Å². The minimum atomic E-state index is -0.159. The number of hydrogen-bond donors (Lipinski definition) is 1. The zero-order chi connectivity index (χ0) is 30.8. The van der Waals surface area contributed by atoms with Gasteiger partial charge in [-0.1, -0.05) is 85.8 Å².